The quantitative estimate of drug-likeness (QED) is 0.135. The molecular formula is C40H68F2N2O. The van der Waals surface area contributed by atoms with Crippen LogP contribution in [-0.4, -0.2) is 18.7 Å². The fraction of sp³-hybridized carbons (Fsp3) is 0.750. The number of fused-ring (bicyclic) bond motifs is 1. The van der Waals surface area contributed by atoms with E-state index in [1.165, 1.54) is 82.3 Å². The van der Waals surface area contributed by atoms with Crippen molar-refractivity contribution in [3.05, 3.63) is 47.5 Å². The summed E-state index contributed by atoms with van der Waals surface area (Å²) in [6.45, 7) is 23.5. The number of nitrogens with one attached hydrogen (secondary N) is 2. The molecule has 0 spiro atoms. The number of carbonyl (C=O) groups excluding carboxylic acids is 1. The van der Waals surface area contributed by atoms with E-state index in [1.807, 2.05) is 13.0 Å². The minimum absolute atomic E-state index is 0.0989. The molecule has 3 nitrogen and oxygen atoms in total. The van der Waals surface area contributed by atoms with Gasteiger partial charge in [0.25, 0.3) is 5.92 Å². The van der Waals surface area contributed by atoms with E-state index in [9.17, 15) is 13.6 Å². The number of rotatable bonds is 12. The first-order valence-electron chi connectivity index (χ1n) is 18.0. The zero-order valence-corrected chi connectivity index (χ0v) is 30.4. The zero-order valence-electron chi connectivity index (χ0n) is 30.4. The molecule has 0 saturated heterocycles. The van der Waals surface area contributed by atoms with Crippen molar-refractivity contribution in [2.24, 2.45) is 40.9 Å². The van der Waals surface area contributed by atoms with Crippen LogP contribution in [0.1, 0.15) is 144 Å². The lowest BCUT2D eigenvalue weighted by Gasteiger charge is -2.33. The van der Waals surface area contributed by atoms with Gasteiger partial charge in [-0.3, -0.25) is 4.79 Å². The third kappa shape index (κ3) is 15.4. The zero-order chi connectivity index (χ0) is 34.2. The van der Waals surface area contributed by atoms with E-state index in [0.717, 1.165) is 54.4 Å². The number of carbonyl (C=O) groups is 1. The molecule has 3 aliphatic carbocycles. The van der Waals surface area contributed by atoms with Gasteiger partial charge >= 0.3 is 0 Å². The van der Waals surface area contributed by atoms with Gasteiger partial charge in [-0.05, 0) is 104 Å². The Bertz CT molecular complexity index is 984. The van der Waals surface area contributed by atoms with E-state index in [2.05, 4.69) is 53.4 Å². The highest BCUT2D eigenvalue weighted by Crippen LogP contribution is 2.59. The van der Waals surface area contributed by atoms with Gasteiger partial charge in [-0.1, -0.05) is 111 Å². The molecule has 258 valence electrons. The third-order valence-corrected chi connectivity index (χ3v) is 11.0. The van der Waals surface area contributed by atoms with Crippen LogP contribution < -0.4 is 5.32 Å². The Hall–Kier alpha value is -2.04. The lowest BCUT2D eigenvalue weighted by molar-refractivity contribution is -0.109. The van der Waals surface area contributed by atoms with Gasteiger partial charge in [0.15, 0.2) is 0 Å². The molecule has 1 aromatic rings. The highest BCUT2D eigenvalue weighted by Gasteiger charge is 2.51. The van der Waals surface area contributed by atoms with E-state index >= 15 is 0 Å². The predicted molar refractivity (Wildman–Crippen MR) is 190 cm³/mol. The summed E-state index contributed by atoms with van der Waals surface area (Å²) in [7, 11) is 0. The first-order valence-corrected chi connectivity index (χ1v) is 18.0. The Kier molecular flexibility index (Phi) is 18.4. The number of alkyl halides is 2. The standard InChI is InChI=1S/C18H34.C10H12F2.C8H14.C4H8N2O/c1-6-18(7-2,8-3)14-16(5)13-17-11-9-15(4)10-12-17;1-3-8-5-4-6-9(7-8)10(2,11)12;1-5-3-7-6(2)8(7)4-5;1-4(5)2-6-3-7/h15,17H,5-14H2,1-4H3;4-7H,3H2,1-2H3;5-8H,3-4H2,1-2H3;3,5H,2H2,1H3,(H,6,7). The maximum Gasteiger partial charge on any atom is 0.270 e. The average Bonchev–Trinajstić information content (AvgIpc) is 3.40. The summed E-state index contributed by atoms with van der Waals surface area (Å²) < 4.78 is 25.5. The van der Waals surface area contributed by atoms with Gasteiger partial charge in [-0.15, -0.1) is 0 Å². The molecule has 0 radical (unpaired) electrons. The van der Waals surface area contributed by atoms with Gasteiger partial charge in [0.2, 0.25) is 6.41 Å². The third-order valence-electron chi connectivity index (χ3n) is 11.0. The molecule has 3 aliphatic rings. The van der Waals surface area contributed by atoms with Crippen molar-refractivity contribution < 1.29 is 13.6 Å². The number of hydrogen-bond donors (Lipinski definition) is 2. The SMILES string of the molecule is C=C(CC1CCC(C)CC1)CC(CC)(CC)CC.CC(=N)CNC=O.CC1CC2C(C)C2C1.CCc1cccc(C(C)(F)F)c1. The summed E-state index contributed by atoms with van der Waals surface area (Å²) in [6.07, 6.45) is 16.7. The molecule has 5 heteroatoms. The Morgan fingerprint density at radius 3 is 1.93 bits per heavy atom. The summed E-state index contributed by atoms with van der Waals surface area (Å²) in [5.74, 6) is 3.67. The highest BCUT2D eigenvalue weighted by molar-refractivity contribution is 5.82. The van der Waals surface area contributed by atoms with Crippen LogP contribution in [0.25, 0.3) is 0 Å². The number of benzene rings is 1. The first-order chi connectivity index (χ1) is 21.1. The maximum absolute atomic E-state index is 12.8. The smallest absolute Gasteiger partial charge is 0.270 e. The molecule has 0 bridgehead atoms. The monoisotopic (exact) mass is 631 g/mol. The van der Waals surface area contributed by atoms with Crippen LogP contribution in [0.15, 0.2) is 36.4 Å². The first kappa shape index (κ1) is 41.0. The van der Waals surface area contributed by atoms with E-state index < -0.39 is 5.92 Å². The normalized spacial score (nSPS) is 25.1. The molecule has 2 N–H and O–H groups in total. The second kappa shape index (κ2) is 20.3. The summed E-state index contributed by atoms with van der Waals surface area (Å²) >= 11 is 0. The number of allylic oxidation sites excluding steroid dienone is 1. The van der Waals surface area contributed by atoms with Crippen LogP contribution >= 0.6 is 0 Å². The molecule has 1 aromatic carbocycles. The van der Waals surface area contributed by atoms with Crippen molar-refractivity contribution in [1.29, 1.82) is 5.41 Å². The second-order valence-corrected chi connectivity index (χ2v) is 14.8. The fourth-order valence-electron chi connectivity index (χ4n) is 7.37. The molecule has 4 rings (SSSR count). The molecule has 0 heterocycles. The molecule has 0 aliphatic heterocycles. The van der Waals surface area contributed by atoms with Crippen LogP contribution in [0.4, 0.5) is 8.78 Å². The summed E-state index contributed by atoms with van der Waals surface area (Å²) in [5.41, 5.74) is 3.59. The minimum Gasteiger partial charge on any atom is -0.353 e. The van der Waals surface area contributed by atoms with Crippen molar-refractivity contribution in [3.8, 4) is 0 Å². The van der Waals surface area contributed by atoms with E-state index in [-0.39, 0.29) is 5.56 Å². The van der Waals surface area contributed by atoms with Crippen LogP contribution in [0.3, 0.4) is 0 Å². The lowest BCUT2D eigenvalue weighted by atomic mass is 9.72. The van der Waals surface area contributed by atoms with Gasteiger partial charge in [0, 0.05) is 18.2 Å². The Balaban J connectivity index is 0.000000322. The molecule has 2 unspecified atom stereocenters. The van der Waals surface area contributed by atoms with E-state index in [4.69, 9.17) is 5.41 Å². The molecule has 3 fully saturated rings. The van der Waals surface area contributed by atoms with Crippen molar-refractivity contribution in [3.63, 3.8) is 0 Å². The topological polar surface area (TPSA) is 53.0 Å². The maximum atomic E-state index is 12.8. The molecule has 0 aromatic heterocycles. The van der Waals surface area contributed by atoms with Crippen LogP contribution in [0, 0.1) is 46.3 Å². The Morgan fingerprint density at radius 2 is 1.53 bits per heavy atom. The highest BCUT2D eigenvalue weighted by atomic mass is 19.3. The van der Waals surface area contributed by atoms with E-state index in [1.54, 1.807) is 19.1 Å². The largest absolute Gasteiger partial charge is 0.353 e. The van der Waals surface area contributed by atoms with E-state index in [0.29, 0.717) is 24.1 Å². The van der Waals surface area contributed by atoms with Crippen molar-refractivity contribution in [2.75, 3.05) is 6.54 Å². The number of amides is 1. The van der Waals surface area contributed by atoms with Gasteiger partial charge in [-0.25, -0.2) is 8.78 Å². The molecule has 1 amide bonds. The second-order valence-electron chi connectivity index (χ2n) is 14.8. The van der Waals surface area contributed by atoms with Crippen LogP contribution in [0.5, 0.6) is 0 Å². The van der Waals surface area contributed by atoms with Crippen molar-refractivity contribution in [2.45, 2.75) is 145 Å². The number of halogens is 2. The van der Waals surface area contributed by atoms with Crippen LogP contribution in [0.2, 0.25) is 0 Å². The summed E-state index contributed by atoms with van der Waals surface area (Å²) in [4.78, 5) is 9.50. The number of hydrogen-bond acceptors (Lipinski definition) is 2. The Labute approximate surface area is 276 Å². The molecular weight excluding hydrogens is 562 g/mol. The van der Waals surface area contributed by atoms with Gasteiger partial charge < -0.3 is 10.7 Å². The Morgan fingerprint density at radius 1 is 0.978 bits per heavy atom. The summed E-state index contributed by atoms with van der Waals surface area (Å²) in [5, 5.41) is 9.12. The summed E-state index contributed by atoms with van der Waals surface area (Å²) in [6, 6.07) is 6.54. The molecule has 2 atom stereocenters. The molecule has 3 saturated carbocycles. The van der Waals surface area contributed by atoms with Gasteiger partial charge in [0.1, 0.15) is 0 Å². The average molecular weight is 631 g/mol. The van der Waals surface area contributed by atoms with Gasteiger partial charge in [-0.2, -0.15) is 0 Å². The lowest BCUT2D eigenvalue weighted by Crippen LogP contribution is -2.20. The predicted octanol–water partition coefficient (Wildman–Crippen LogP) is 11.8. The fourth-order valence-corrected chi connectivity index (χ4v) is 7.37. The van der Waals surface area contributed by atoms with Crippen molar-refractivity contribution >= 4 is 12.1 Å². The van der Waals surface area contributed by atoms with Gasteiger partial charge in [0.05, 0.1) is 6.54 Å². The number of aryl methyl sites for hydroxylation is 1. The van der Waals surface area contributed by atoms with Crippen molar-refractivity contribution in [1.82, 2.24) is 5.32 Å². The van der Waals surface area contributed by atoms with Crippen LogP contribution in [-0.2, 0) is 17.1 Å². The minimum atomic E-state index is -2.72. The molecule has 45 heavy (non-hydrogen) atoms.